The van der Waals surface area contributed by atoms with Crippen molar-refractivity contribution in [2.24, 2.45) is 0 Å². The Labute approximate surface area is 208 Å². The Kier molecular flexibility index (Phi) is 5.96. The average molecular weight is 507 g/mol. The van der Waals surface area contributed by atoms with Gasteiger partial charge in [0.2, 0.25) is 5.43 Å². The second kappa shape index (κ2) is 9.14. The molecule has 0 saturated heterocycles. The number of pyridine rings is 1. The normalized spacial score (nSPS) is 12.6. The predicted octanol–water partition coefficient (Wildman–Crippen LogP) is 6.00. The molecular weight excluding hydrogens is 487 g/mol. The van der Waals surface area contributed by atoms with Crippen LogP contribution >= 0.6 is 0 Å². The number of hydrogen-bond donors (Lipinski definition) is 3. The van der Waals surface area contributed by atoms with Crippen molar-refractivity contribution in [3.8, 4) is 22.6 Å². The van der Waals surface area contributed by atoms with Crippen LogP contribution in [0.3, 0.4) is 0 Å². The molecule has 0 saturated carbocycles. The first kappa shape index (κ1) is 24.1. The number of aromatic hydroxyl groups is 1. The van der Waals surface area contributed by atoms with Gasteiger partial charge in [-0.3, -0.25) is 4.79 Å². The molecule has 0 aliphatic rings. The Bertz CT molecular complexity index is 1620. The van der Waals surface area contributed by atoms with Gasteiger partial charge in [-0.2, -0.15) is 18.2 Å². The van der Waals surface area contributed by atoms with E-state index in [-0.39, 0.29) is 5.69 Å². The maximum atomic E-state index is 13.3. The van der Waals surface area contributed by atoms with Crippen molar-refractivity contribution in [1.29, 1.82) is 0 Å². The molecule has 3 N–H and O–H groups in total. The molecule has 188 valence electrons. The van der Waals surface area contributed by atoms with Crippen molar-refractivity contribution < 1.29 is 27.8 Å². The van der Waals surface area contributed by atoms with Crippen LogP contribution in [0.25, 0.3) is 27.9 Å². The molecule has 37 heavy (non-hydrogen) atoms. The predicted molar refractivity (Wildman–Crippen MR) is 132 cm³/mol. The number of anilines is 2. The van der Waals surface area contributed by atoms with Gasteiger partial charge in [0.05, 0.1) is 11.9 Å². The minimum atomic E-state index is -5.01. The first-order chi connectivity index (χ1) is 17.6. The van der Waals surface area contributed by atoms with E-state index in [1.807, 2.05) is 36.4 Å². The molecule has 5 aromatic rings. The molecule has 5 rings (SSSR count). The molecule has 0 spiro atoms. The monoisotopic (exact) mass is 507 g/mol. The largest absolute Gasteiger partial charge is 0.503 e. The van der Waals surface area contributed by atoms with Gasteiger partial charge in [-0.15, -0.1) is 0 Å². The minimum Gasteiger partial charge on any atom is -0.503 e. The number of fused-ring (bicyclic) bond motifs is 1. The van der Waals surface area contributed by atoms with E-state index in [2.05, 4.69) is 10.3 Å². The summed E-state index contributed by atoms with van der Waals surface area (Å²) in [6.45, 7) is 1.70. The molecule has 0 aliphatic heterocycles. The summed E-state index contributed by atoms with van der Waals surface area (Å²) < 4.78 is 46.6. The number of hydrogen-bond acceptors (Lipinski definition) is 6. The third-order valence-corrected chi connectivity index (χ3v) is 5.96. The highest BCUT2D eigenvalue weighted by Gasteiger charge is 2.41. The summed E-state index contributed by atoms with van der Waals surface area (Å²) >= 11 is 0. The van der Waals surface area contributed by atoms with Gasteiger partial charge < -0.3 is 24.5 Å². The van der Waals surface area contributed by atoms with Gasteiger partial charge in [0.1, 0.15) is 5.52 Å². The number of para-hydroxylation sites is 2. The lowest BCUT2D eigenvalue weighted by atomic mass is 9.98. The zero-order valence-electron chi connectivity index (χ0n) is 19.3. The summed E-state index contributed by atoms with van der Waals surface area (Å²) in [7, 11) is 0. The zero-order chi connectivity index (χ0) is 26.3. The first-order valence-corrected chi connectivity index (χ1v) is 11.1. The van der Waals surface area contributed by atoms with Crippen LogP contribution < -0.4 is 10.7 Å². The number of aliphatic hydroxyl groups is 1. The van der Waals surface area contributed by atoms with Gasteiger partial charge in [0.15, 0.2) is 17.4 Å². The van der Waals surface area contributed by atoms with Crippen LogP contribution in [0.5, 0.6) is 5.75 Å². The van der Waals surface area contributed by atoms with Crippen molar-refractivity contribution in [3.63, 3.8) is 0 Å². The lowest BCUT2D eigenvalue weighted by Crippen LogP contribution is -2.25. The topological polar surface area (TPSA) is 101 Å². The fourth-order valence-corrected chi connectivity index (χ4v) is 4.10. The van der Waals surface area contributed by atoms with E-state index < -0.39 is 29.2 Å². The Hall–Kier alpha value is -4.57. The molecule has 3 aromatic carbocycles. The van der Waals surface area contributed by atoms with Crippen LogP contribution in [0.15, 0.2) is 88.2 Å². The Balaban J connectivity index is 1.50. The first-order valence-electron chi connectivity index (χ1n) is 11.1. The Morgan fingerprint density at radius 3 is 2.46 bits per heavy atom. The SMILES string of the molecule is Cc1c(-c2ccc(Nc3nc4ccccc4o3)cc2)cccc1-n1cc(O)c(=O)cc1C(O)C(F)(F)F. The summed E-state index contributed by atoms with van der Waals surface area (Å²) in [5.74, 6) is -0.738. The number of alkyl halides is 3. The molecule has 1 unspecified atom stereocenters. The molecule has 1 atom stereocenters. The van der Waals surface area contributed by atoms with Crippen LogP contribution in [-0.4, -0.2) is 25.9 Å². The molecule has 0 amide bonds. The maximum Gasteiger partial charge on any atom is 0.420 e. The average Bonchev–Trinajstić information content (AvgIpc) is 3.27. The fourth-order valence-electron chi connectivity index (χ4n) is 4.10. The number of benzene rings is 3. The molecule has 2 heterocycles. The van der Waals surface area contributed by atoms with Crippen molar-refractivity contribution in [2.75, 3.05) is 5.32 Å². The highest BCUT2D eigenvalue weighted by atomic mass is 19.4. The molecule has 0 aliphatic carbocycles. The third kappa shape index (κ3) is 4.66. The number of aromatic nitrogens is 2. The van der Waals surface area contributed by atoms with Crippen LogP contribution in [0.1, 0.15) is 17.4 Å². The van der Waals surface area contributed by atoms with Gasteiger partial charge >= 0.3 is 6.18 Å². The Morgan fingerprint density at radius 1 is 1.03 bits per heavy atom. The number of aliphatic hydroxyl groups excluding tert-OH is 1. The quantitative estimate of drug-likeness (QED) is 0.270. The van der Waals surface area contributed by atoms with Crippen LogP contribution in [-0.2, 0) is 0 Å². The maximum absolute atomic E-state index is 13.3. The number of oxazole rings is 1. The van der Waals surface area contributed by atoms with E-state index in [4.69, 9.17) is 4.42 Å². The van der Waals surface area contributed by atoms with Crippen LogP contribution in [0, 0.1) is 6.92 Å². The summed E-state index contributed by atoms with van der Waals surface area (Å²) in [4.78, 5) is 16.3. The minimum absolute atomic E-state index is 0.264. The standard InChI is InChI=1S/C27H20F3N3O4/c1-15-18(16-9-11-17(12-10-16)31-26-32-19-6-2-3-8-24(19)37-26)5-4-7-20(15)33-14-23(35)22(34)13-21(33)25(36)27(28,29)30/h2-14,25,35-36H,1H3,(H,31,32). The highest BCUT2D eigenvalue weighted by molar-refractivity contribution is 5.76. The van der Waals surface area contributed by atoms with E-state index >= 15 is 0 Å². The lowest BCUT2D eigenvalue weighted by Gasteiger charge is -2.22. The van der Waals surface area contributed by atoms with Gasteiger partial charge in [-0.25, -0.2) is 0 Å². The summed E-state index contributed by atoms with van der Waals surface area (Å²) in [5, 5.41) is 22.9. The van der Waals surface area contributed by atoms with E-state index in [0.717, 1.165) is 21.8 Å². The molecule has 2 aromatic heterocycles. The van der Waals surface area contributed by atoms with E-state index in [9.17, 15) is 28.2 Å². The van der Waals surface area contributed by atoms with Crippen molar-refractivity contribution >= 4 is 22.8 Å². The summed E-state index contributed by atoms with van der Waals surface area (Å²) in [6.07, 6.45) is -7.04. The van der Waals surface area contributed by atoms with Crippen molar-refractivity contribution in [2.45, 2.75) is 19.2 Å². The zero-order valence-corrected chi connectivity index (χ0v) is 19.3. The second-order valence-corrected chi connectivity index (χ2v) is 8.40. The molecule has 10 heteroatoms. The number of nitrogens with one attached hydrogen (secondary N) is 1. The van der Waals surface area contributed by atoms with Crippen molar-refractivity contribution in [1.82, 2.24) is 9.55 Å². The van der Waals surface area contributed by atoms with Gasteiger partial charge in [-0.1, -0.05) is 36.4 Å². The summed E-state index contributed by atoms with van der Waals surface area (Å²) in [5.41, 5.74) is 2.67. The molecule has 0 radical (unpaired) electrons. The molecule has 0 bridgehead atoms. The highest BCUT2D eigenvalue weighted by Crippen LogP contribution is 2.36. The number of rotatable bonds is 5. The second-order valence-electron chi connectivity index (χ2n) is 8.40. The third-order valence-electron chi connectivity index (χ3n) is 5.96. The number of nitrogens with zero attached hydrogens (tertiary/aromatic N) is 2. The smallest absolute Gasteiger partial charge is 0.420 e. The number of halogens is 3. The van der Waals surface area contributed by atoms with E-state index in [1.54, 1.807) is 37.3 Å². The molecular formula is C27H20F3N3O4. The van der Waals surface area contributed by atoms with Gasteiger partial charge in [-0.05, 0) is 53.9 Å². The van der Waals surface area contributed by atoms with Gasteiger partial charge in [0, 0.05) is 17.4 Å². The molecule has 7 nitrogen and oxygen atoms in total. The van der Waals surface area contributed by atoms with E-state index in [0.29, 0.717) is 34.5 Å². The van der Waals surface area contributed by atoms with Crippen molar-refractivity contribution in [3.05, 3.63) is 100 Å². The van der Waals surface area contributed by atoms with Gasteiger partial charge in [0.25, 0.3) is 6.01 Å². The van der Waals surface area contributed by atoms with Crippen LogP contribution in [0.2, 0.25) is 0 Å². The lowest BCUT2D eigenvalue weighted by molar-refractivity contribution is -0.208. The molecule has 0 fully saturated rings. The Morgan fingerprint density at radius 2 is 1.76 bits per heavy atom. The van der Waals surface area contributed by atoms with Crippen LogP contribution in [0.4, 0.5) is 24.9 Å². The van der Waals surface area contributed by atoms with E-state index in [1.165, 1.54) is 0 Å². The fraction of sp³-hybridized carbons (Fsp3) is 0.111. The summed E-state index contributed by atoms with van der Waals surface area (Å²) in [6, 6.07) is 20.5.